The number of ether oxygens (including phenoxy) is 1. The number of amides is 1. The van der Waals surface area contributed by atoms with E-state index in [0.29, 0.717) is 6.54 Å². The summed E-state index contributed by atoms with van der Waals surface area (Å²) in [4.78, 5) is 16.8. The van der Waals surface area contributed by atoms with Gasteiger partial charge >= 0.3 is 0 Å². The van der Waals surface area contributed by atoms with Crippen LogP contribution in [0.5, 0.6) is 5.75 Å². The van der Waals surface area contributed by atoms with Crippen molar-refractivity contribution >= 4 is 23.2 Å². The van der Waals surface area contributed by atoms with Crippen molar-refractivity contribution in [3.8, 4) is 5.75 Å². The van der Waals surface area contributed by atoms with Gasteiger partial charge in [0.1, 0.15) is 5.75 Å². The van der Waals surface area contributed by atoms with Crippen molar-refractivity contribution in [2.24, 2.45) is 5.10 Å². The van der Waals surface area contributed by atoms with E-state index in [2.05, 4.69) is 26.4 Å². The fourth-order valence-electron chi connectivity index (χ4n) is 3.27. The number of benzene rings is 2. The number of rotatable bonds is 7. The molecule has 29 heavy (non-hydrogen) atoms. The maximum Gasteiger partial charge on any atom is 0.254 e. The molecule has 1 aliphatic rings. The molecule has 6 nitrogen and oxygen atoms in total. The van der Waals surface area contributed by atoms with Crippen molar-refractivity contribution in [2.75, 3.05) is 39.8 Å². The third-order valence-corrected chi connectivity index (χ3v) is 5.39. The van der Waals surface area contributed by atoms with Gasteiger partial charge in [-0.15, -0.1) is 0 Å². The second-order valence-electron chi connectivity index (χ2n) is 7.11. The molecule has 1 N–H and O–H groups in total. The molecular formula is C22H27ClN4O2. The number of nitrogens with one attached hydrogen (secondary N) is 1. The third kappa shape index (κ3) is 6.29. The van der Waals surface area contributed by atoms with E-state index in [1.54, 1.807) is 7.11 Å². The summed E-state index contributed by atoms with van der Waals surface area (Å²) >= 11 is 6.25. The van der Waals surface area contributed by atoms with E-state index in [1.807, 2.05) is 49.4 Å². The molecule has 3 rings (SSSR count). The zero-order valence-electron chi connectivity index (χ0n) is 16.9. The largest absolute Gasteiger partial charge is 0.497 e. The summed E-state index contributed by atoms with van der Waals surface area (Å²) in [5, 5.41) is 5.03. The van der Waals surface area contributed by atoms with Gasteiger partial charge in [0.25, 0.3) is 5.91 Å². The standard InChI is InChI=1S/C22H27ClN4O2/c1-17(18-7-5-8-20(14-18)29-2)24-25-22(28)16-27-12-10-26(11-13-27)15-19-6-3-4-9-21(19)23/h3-9,14H,10-13,15-16H2,1-2H3,(H,25,28)/b24-17-. The first-order chi connectivity index (χ1) is 14.0. The first-order valence-electron chi connectivity index (χ1n) is 9.71. The number of hydrazone groups is 1. The van der Waals surface area contributed by atoms with E-state index in [1.165, 1.54) is 0 Å². The topological polar surface area (TPSA) is 57.2 Å². The quantitative estimate of drug-likeness (QED) is 0.559. The van der Waals surface area contributed by atoms with E-state index in [9.17, 15) is 4.79 Å². The van der Waals surface area contributed by atoms with Crippen LogP contribution in [-0.4, -0.2) is 61.3 Å². The molecule has 0 unspecified atom stereocenters. The zero-order valence-corrected chi connectivity index (χ0v) is 17.7. The highest BCUT2D eigenvalue weighted by molar-refractivity contribution is 6.31. The lowest BCUT2D eigenvalue weighted by Gasteiger charge is -2.34. The smallest absolute Gasteiger partial charge is 0.254 e. The van der Waals surface area contributed by atoms with E-state index in [4.69, 9.17) is 16.3 Å². The van der Waals surface area contributed by atoms with E-state index in [-0.39, 0.29) is 5.91 Å². The van der Waals surface area contributed by atoms with Crippen LogP contribution < -0.4 is 10.2 Å². The average Bonchev–Trinajstić information content (AvgIpc) is 2.75. The maximum atomic E-state index is 12.3. The Balaban J connectivity index is 1.44. The normalized spacial score (nSPS) is 15.9. The van der Waals surface area contributed by atoms with Gasteiger partial charge in [0.15, 0.2) is 0 Å². The Morgan fingerprint density at radius 1 is 1.10 bits per heavy atom. The molecule has 154 valence electrons. The van der Waals surface area contributed by atoms with E-state index in [0.717, 1.165) is 60.3 Å². The van der Waals surface area contributed by atoms with Crippen LogP contribution >= 0.6 is 11.6 Å². The lowest BCUT2D eigenvalue weighted by Crippen LogP contribution is -2.48. The first-order valence-corrected chi connectivity index (χ1v) is 10.1. The molecule has 1 heterocycles. The third-order valence-electron chi connectivity index (χ3n) is 5.02. The van der Waals surface area contributed by atoms with Gasteiger partial charge in [-0.1, -0.05) is 41.9 Å². The molecule has 1 saturated heterocycles. The Labute approximate surface area is 177 Å². The van der Waals surface area contributed by atoms with Crippen LogP contribution in [0.1, 0.15) is 18.1 Å². The average molecular weight is 415 g/mol. The van der Waals surface area contributed by atoms with Crippen LogP contribution in [-0.2, 0) is 11.3 Å². The van der Waals surface area contributed by atoms with Crippen LogP contribution in [0.25, 0.3) is 0 Å². The fourth-order valence-corrected chi connectivity index (χ4v) is 3.47. The second-order valence-corrected chi connectivity index (χ2v) is 7.52. The van der Waals surface area contributed by atoms with Crippen LogP contribution in [0.15, 0.2) is 53.6 Å². The summed E-state index contributed by atoms with van der Waals surface area (Å²) in [6.45, 7) is 6.54. The Morgan fingerprint density at radius 3 is 2.55 bits per heavy atom. The highest BCUT2D eigenvalue weighted by Gasteiger charge is 2.19. The minimum Gasteiger partial charge on any atom is -0.497 e. The van der Waals surface area contributed by atoms with E-state index >= 15 is 0 Å². The van der Waals surface area contributed by atoms with Gasteiger partial charge < -0.3 is 4.74 Å². The maximum absolute atomic E-state index is 12.3. The number of methoxy groups -OCH3 is 1. The van der Waals surface area contributed by atoms with Gasteiger partial charge in [0, 0.05) is 43.3 Å². The molecule has 7 heteroatoms. The van der Waals surface area contributed by atoms with Crippen molar-refractivity contribution in [2.45, 2.75) is 13.5 Å². The lowest BCUT2D eigenvalue weighted by atomic mass is 10.1. The fraction of sp³-hybridized carbons (Fsp3) is 0.364. The minimum atomic E-state index is -0.105. The number of nitrogens with zero attached hydrogens (tertiary/aromatic N) is 3. The second kappa shape index (κ2) is 10.4. The van der Waals surface area contributed by atoms with Crippen molar-refractivity contribution in [3.05, 3.63) is 64.7 Å². The van der Waals surface area contributed by atoms with Gasteiger partial charge in [-0.05, 0) is 30.7 Å². The number of carbonyl (C=O) groups is 1. The molecule has 1 amide bonds. The van der Waals surface area contributed by atoms with Crippen LogP contribution in [0.3, 0.4) is 0 Å². The lowest BCUT2D eigenvalue weighted by molar-refractivity contribution is -0.122. The number of carbonyl (C=O) groups excluding carboxylic acids is 1. The molecule has 0 radical (unpaired) electrons. The van der Waals surface area contributed by atoms with Crippen molar-refractivity contribution < 1.29 is 9.53 Å². The molecule has 2 aromatic carbocycles. The van der Waals surface area contributed by atoms with Crippen LogP contribution in [0.2, 0.25) is 5.02 Å². The van der Waals surface area contributed by atoms with Crippen LogP contribution in [0.4, 0.5) is 0 Å². The molecule has 0 aliphatic carbocycles. The monoisotopic (exact) mass is 414 g/mol. The van der Waals surface area contributed by atoms with Gasteiger partial charge in [0.05, 0.1) is 19.4 Å². The number of piperazine rings is 1. The Bertz CT molecular complexity index is 863. The molecule has 0 spiro atoms. The predicted octanol–water partition coefficient (Wildman–Crippen LogP) is 3.01. The molecule has 0 bridgehead atoms. The van der Waals surface area contributed by atoms with Crippen molar-refractivity contribution in [1.29, 1.82) is 0 Å². The highest BCUT2D eigenvalue weighted by atomic mass is 35.5. The molecule has 0 aromatic heterocycles. The number of hydrogen-bond acceptors (Lipinski definition) is 5. The predicted molar refractivity (Wildman–Crippen MR) is 117 cm³/mol. The molecule has 1 aliphatic heterocycles. The highest BCUT2D eigenvalue weighted by Crippen LogP contribution is 2.18. The van der Waals surface area contributed by atoms with Gasteiger partial charge in [-0.3, -0.25) is 14.6 Å². The molecule has 0 atom stereocenters. The molecule has 0 saturated carbocycles. The number of hydrogen-bond donors (Lipinski definition) is 1. The first kappa shape index (κ1) is 21.3. The number of halogens is 1. The SMILES string of the molecule is COc1cccc(/C(C)=N\NC(=O)CN2CCN(Cc3ccccc3Cl)CC2)c1. The van der Waals surface area contributed by atoms with Crippen LogP contribution in [0, 0.1) is 0 Å². The zero-order chi connectivity index (χ0) is 20.6. The summed E-state index contributed by atoms with van der Waals surface area (Å²) in [6.07, 6.45) is 0. The van der Waals surface area contributed by atoms with E-state index < -0.39 is 0 Å². The Kier molecular flexibility index (Phi) is 7.63. The molecule has 1 fully saturated rings. The van der Waals surface area contributed by atoms with Gasteiger partial charge in [-0.25, -0.2) is 5.43 Å². The summed E-state index contributed by atoms with van der Waals surface area (Å²) < 4.78 is 5.22. The summed E-state index contributed by atoms with van der Waals surface area (Å²) in [5.41, 5.74) is 5.45. The Hall–Kier alpha value is -2.41. The van der Waals surface area contributed by atoms with Gasteiger partial charge in [0.2, 0.25) is 0 Å². The van der Waals surface area contributed by atoms with Crippen molar-refractivity contribution in [3.63, 3.8) is 0 Å². The minimum absolute atomic E-state index is 0.105. The molecular weight excluding hydrogens is 388 g/mol. The Morgan fingerprint density at radius 2 is 1.83 bits per heavy atom. The summed E-state index contributed by atoms with van der Waals surface area (Å²) in [5.74, 6) is 0.657. The summed E-state index contributed by atoms with van der Waals surface area (Å²) in [7, 11) is 1.63. The molecule has 2 aromatic rings. The summed E-state index contributed by atoms with van der Waals surface area (Å²) in [6, 6.07) is 15.5. The van der Waals surface area contributed by atoms with Gasteiger partial charge in [-0.2, -0.15) is 5.10 Å². The van der Waals surface area contributed by atoms with Crippen molar-refractivity contribution in [1.82, 2.24) is 15.2 Å².